The van der Waals surface area contributed by atoms with Crippen LogP contribution >= 0.6 is 0 Å². The fourth-order valence-electron chi connectivity index (χ4n) is 2.05. The normalized spacial score (nSPS) is 23.2. The van der Waals surface area contributed by atoms with Crippen LogP contribution in [0, 0.1) is 0 Å². The SMILES string of the molecule is Cn1ccnc1C(CC1CCCO1)NN. The van der Waals surface area contributed by atoms with Crippen molar-refractivity contribution in [3.8, 4) is 0 Å². The van der Waals surface area contributed by atoms with Crippen LogP contribution in [0.5, 0.6) is 0 Å². The van der Waals surface area contributed by atoms with E-state index >= 15 is 0 Å². The third-order valence-corrected chi connectivity index (χ3v) is 2.89. The molecular weight excluding hydrogens is 192 g/mol. The lowest BCUT2D eigenvalue weighted by molar-refractivity contribution is 0.0933. The zero-order valence-electron chi connectivity index (χ0n) is 9.02. The summed E-state index contributed by atoms with van der Waals surface area (Å²) in [5.41, 5.74) is 2.81. The van der Waals surface area contributed by atoms with Gasteiger partial charge >= 0.3 is 0 Å². The molecule has 3 N–H and O–H groups in total. The van der Waals surface area contributed by atoms with Gasteiger partial charge in [0.2, 0.25) is 0 Å². The van der Waals surface area contributed by atoms with Crippen molar-refractivity contribution in [1.82, 2.24) is 15.0 Å². The molecule has 84 valence electrons. The third kappa shape index (κ3) is 2.37. The number of nitrogens with one attached hydrogen (secondary N) is 1. The summed E-state index contributed by atoms with van der Waals surface area (Å²) in [6.45, 7) is 0.878. The van der Waals surface area contributed by atoms with Crippen molar-refractivity contribution in [1.29, 1.82) is 0 Å². The Labute approximate surface area is 89.6 Å². The maximum absolute atomic E-state index is 5.59. The van der Waals surface area contributed by atoms with Crippen molar-refractivity contribution in [2.75, 3.05) is 6.61 Å². The van der Waals surface area contributed by atoms with Gasteiger partial charge in [0.25, 0.3) is 0 Å². The molecule has 1 fully saturated rings. The van der Waals surface area contributed by atoms with Crippen LogP contribution in [0.2, 0.25) is 0 Å². The highest BCUT2D eigenvalue weighted by Crippen LogP contribution is 2.23. The molecule has 5 nitrogen and oxygen atoms in total. The average Bonchev–Trinajstić information content (AvgIpc) is 2.85. The maximum Gasteiger partial charge on any atom is 0.127 e. The molecule has 1 aromatic rings. The lowest BCUT2D eigenvalue weighted by atomic mass is 10.1. The highest BCUT2D eigenvalue weighted by atomic mass is 16.5. The van der Waals surface area contributed by atoms with E-state index in [2.05, 4.69) is 10.4 Å². The highest BCUT2D eigenvalue weighted by molar-refractivity contribution is 4.99. The molecule has 0 spiro atoms. The first-order valence-corrected chi connectivity index (χ1v) is 5.36. The molecule has 1 aliphatic rings. The molecule has 0 aromatic carbocycles. The van der Waals surface area contributed by atoms with Gasteiger partial charge in [0.05, 0.1) is 12.1 Å². The Morgan fingerprint density at radius 2 is 2.67 bits per heavy atom. The molecule has 5 heteroatoms. The van der Waals surface area contributed by atoms with Crippen molar-refractivity contribution < 1.29 is 4.74 Å². The van der Waals surface area contributed by atoms with E-state index in [9.17, 15) is 0 Å². The minimum atomic E-state index is 0.0769. The van der Waals surface area contributed by atoms with Crippen LogP contribution in [-0.4, -0.2) is 22.3 Å². The van der Waals surface area contributed by atoms with Crippen molar-refractivity contribution in [3.05, 3.63) is 18.2 Å². The quantitative estimate of drug-likeness (QED) is 0.561. The lowest BCUT2D eigenvalue weighted by Crippen LogP contribution is -2.32. The zero-order valence-corrected chi connectivity index (χ0v) is 9.02. The minimum absolute atomic E-state index is 0.0769. The van der Waals surface area contributed by atoms with Crippen LogP contribution in [0.15, 0.2) is 12.4 Å². The zero-order chi connectivity index (χ0) is 10.7. The second kappa shape index (κ2) is 4.74. The van der Waals surface area contributed by atoms with E-state index in [1.54, 1.807) is 6.20 Å². The molecule has 1 aliphatic heterocycles. The van der Waals surface area contributed by atoms with Gasteiger partial charge in [-0.05, 0) is 19.3 Å². The second-order valence-electron chi connectivity index (χ2n) is 3.99. The predicted octanol–water partition coefficient (Wildman–Crippen LogP) is 0.494. The summed E-state index contributed by atoms with van der Waals surface area (Å²) >= 11 is 0. The molecule has 2 atom stereocenters. The molecule has 2 unspecified atom stereocenters. The molecule has 1 saturated heterocycles. The third-order valence-electron chi connectivity index (χ3n) is 2.89. The van der Waals surface area contributed by atoms with E-state index < -0.39 is 0 Å². The molecule has 0 saturated carbocycles. The first kappa shape index (κ1) is 10.6. The van der Waals surface area contributed by atoms with Gasteiger partial charge in [-0.3, -0.25) is 5.84 Å². The number of ether oxygens (including phenoxy) is 1. The summed E-state index contributed by atoms with van der Waals surface area (Å²) < 4.78 is 7.58. The van der Waals surface area contributed by atoms with Gasteiger partial charge in [-0.2, -0.15) is 0 Å². The summed E-state index contributed by atoms with van der Waals surface area (Å²) in [7, 11) is 1.97. The van der Waals surface area contributed by atoms with Crippen molar-refractivity contribution in [3.63, 3.8) is 0 Å². The van der Waals surface area contributed by atoms with Crippen LogP contribution in [-0.2, 0) is 11.8 Å². The lowest BCUT2D eigenvalue weighted by Gasteiger charge is -2.19. The summed E-state index contributed by atoms with van der Waals surface area (Å²) in [5, 5.41) is 0. The van der Waals surface area contributed by atoms with Gasteiger partial charge in [0, 0.05) is 26.0 Å². The monoisotopic (exact) mass is 210 g/mol. The number of nitrogens with two attached hydrogens (primary N) is 1. The molecular formula is C10H18N4O. The Morgan fingerprint density at radius 3 is 3.20 bits per heavy atom. The predicted molar refractivity (Wildman–Crippen MR) is 56.9 cm³/mol. The Hall–Kier alpha value is -0.910. The number of rotatable bonds is 4. The van der Waals surface area contributed by atoms with Crippen LogP contribution in [0.4, 0.5) is 0 Å². The van der Waals surface area contributed by atoms with E-state index in [1.807, 2.05) is 17.8 Å². The fraction of sp³-hybridized carbons (Fsp3) is 0.700. The number of aromatic nitrogens is 2. The Balaban J connectivity index is 2.00. The maximum atomic E-state index is 5.59. The number of nitrogens with zero attached hydrogens (tertiary/aromatic N) is 2. The van der Waals surface area contributed by atoms with E-state index in [1.165, 1.54) is 0 Å². The summed E-state index contributed by atoms with van der Waals surface area (Å²) in [6.07, 6.45) is 7.21. The molecule has 0 radical (unpaired) electrons. The molecule has 0 aliphatic carbocycles. The molecule has 0 amide bonds. The average molecular weight is 210 g/mol. The van der Waals surface area contributed by atoms with Crippen LogP contribution in [0.3, 0.4) is 0 Å². The van der Waals surface area contributed by atoms with Crippen molar-refractivity contribution in [2.24, 2.45) is 12.9 Å². The fourth-order valence-corrected chi connectivity index (χ4v) is 2.05. The molecule has 15 heavy (non-hydrogen) atoms. The molecule has 1 aromatic heterocycles. The van der Waals surface area contributed by atoms with Crippen LogP contribution < -0.4 is 11.3 Å². The van der Waals surface area contributed by atoms with Gasteiger partial charge in [-0.1, -0.05) is 0 Å². The summed E-state index contributed by atoms with van der Waals surface area (Å²) in [4.78, 5) is 4.29. The topological polar surface area (TPSA) is 65.1 Å². The van der Waals surface area contributed by atoms with Gasteiger partial charge in [-0.25, -0.2) is 10.4 Å². The van der Waals surface area contributed by atoms with Crippen LogP contribution in [0.1, 0.15) is 31.1 Å². The number of hydrogen-bond donors (Lipinski definition) is 2. The van der Waals surface area contributed by atoms with Gasteiger partial charge in [0.15, 0.2) is 0 Å². The first-order chi connectivity index (χ1) is 7.31. The number of aryl methyl sites for hydroxylation is 1. The van der Waals surface area contributed by atoms with Gasteiger partial charge < -0.3 is 9.30 Å². The van der Waals surface area contributed by atoms with Crippen molar-refractivity contribution in [2.45, 2.75) is 31.4 Å². The number of hydrazine groups is 1. The van der Waals surface area contributed by atoms with E-state index in [-0.39, 0.29) is 6.04 Å². The number of imidazole rings is 1. The van der Waals surface area contributed by atoms with E-state index in [4.69, 9.17) is 10.6 Å². The largest absolute Gasteiger partial charge is 0.378 e. The number of hydrogen-bond acceptors (Lipinski definition) is 4. The van der Waals surface area contributed by atoms with Crippen molar-refractivity contribution >= 4 is 0 Å². The van der Waals surface area contributed by atoms with Gasteiger partial charge in [-0.15, -0.1) is 0 Å². The van der Waals surface area contributed by atoms with E-state index in [0.29, 0.717) is 6.10 Å². The van der Waals surface area contributed by atoms with Gasteiger partial charge in [0.1, 0.15) is 5.82 Å². The Bertz CT molecular complexity index is 306. The minimum Gasteiger partial charge on any atom is -0.378 e. The van der Waals surface area contributed by atoms with Crippen LogP contribution in [0.25, 0.3) is 0 Å². The standard InChI is InChI=1S/C10H18N4O/c1-14-5-4-12-10(14)9(13-11)7-8-3-2-6-15-8/h4-5,8-9,13H,2-3,6-7,11H2,1H3. The molecule has 2 heterocycles. The van der Waals surface area contributed by atoms with E-state index in [0.717, 1.165) is 31.7 Å². The Kier molecular flexibility index (Phi) is 3.35. The second-order valence-corrected chi connectivity index (χ2v) is 3.99. The molecule has 2 rings (SSSR count). The Morgan fingerprint density at radius 1 is 1.80 bits per heavy atom. The smallest absolute Gasteiger partial charge is 0.127 e. The highest BCUT2D eigenvalue weighted by Gasteiger charge is 2.23. The summed E-state index contributed by atoms with van der Waals surface area (Å²) in [6, 6.07) is 0.0769. The summed E-state index contributed by atoms with van der Waals surface area (Å²) in [5.74, 6) is 6.52. The molecule has 0 bridgehead atoms. The first-order valence-electron chi connectivity index (χ1n) is 5.36.